The Morgan fingerprint density at radius 1 is 1.35 bits per heavy atom. The lowest BCUT2D eigenvalue weighted by Gasteiger charge is -2.39. The van der Waals surface area contributed by atoms with Gasteiger partial charge in [0.25, 0.3) is 0 Å². The maximum atomic E-state index is 11.5. The zero-order valence-corrected chi connectivity index (χ0v) is 13.8. The molecule has 1 aliphatic heterocycles. The van der Waals surface area contributed by atoms with Crippen LogP contribution in [0.1, 0.15) is 66.7 Å². The number of aliphatic carboxylic acids is 1. The SMILES string of the molecule is CC(C)NC(C)(CCCN1[C@H](C)CCC[C@@H]1C)C(=O)O. The number of carbonyl (C=O) groups is 1. The molecular weight excluding hydrogens is 252 g/mol. The van der Waals surface area contributed by atoms with Gasteiger partial charge in [0.1, 0.15) is 5.54 Å². The molecule has 0 saturated carbocycles. The van der Waals surface area contributed by atoms with E-state index in [-0.39, 0.29) is 6.04 Å². The van der Waals surface area contributed by atoms with Crippen molar-refractivity contribution in [3.8, 4) is 0 Å². The van der Waals surface area contributed by atoms with Crippen LogP contribution in [0, 0.1) is 0 Å². The second kappa shape index (κ2) is 7.41. The summed E-state index contributed by atoms with van der Waals surface area (Å²) in [5, 5.41) is 12.6. The van der Waals surface area contributed by atoms with Crippen LogP contribution >= 0.6 is 0 Å². The molecule has 1 rings (SSSR count). The fourth-order valence-electron chi connectivity index (χ4n) is 3.41. The monoisotopic (exact) mass is 284 g/mol. The average Bonchev–Trinajstić information content (AvgIpc) is 2.32. The molecule has 118 valence electrons. The van der Waals surface area contributed by atoms with Crippen molar-refractivity contribution in [3.63, 3.8) is 0 Å². The maximum Gasteiger partial charge on any atom is 0.323 e. The number of carboxylic acids is 1. The van der Waals surface area contributed by atoms with E-state index in [1.54, 1.807) is 6.92 Å². The molecule has 3 atom stereocenters. The lowest BCUT2D eigenvalue weighted by molar-refractivity contribution is -0.144. The Hall–Kier alpha value is -0.610. The van der Waals surface area contributed by atoms with Crippen LogP contribution in [0.15, 0.2) is 0 Å². The molecule has 0 aliphatic carbocycles. The van der Waals surface area contributed by atoms with Crippen molar-refractivity contribution in [2.75, 3.05) is 6.54 Å². The number of hydrogen-bond acceptors (Lipinski definition) is 3. The van der Waals surface area contributed by atoms with Gasteiger partial charge in [-0.05, 0) is 66.8 Å². The predicted octanol–water partition coefficient (Wildman–Crippen LogP) is 2.87. The summed E-state index contributed by atoms with van der Waals surface area (Å²) >= 11 is 0. The molecule has 0 aromatic heterocycles. The van der Waals surface area contributed by atoms with Crippen molar-refractivity contribution in [1.29, 1.82) is 0 Å². The molecule has 1 aliphatic rings. The second-order valence-corrected chi connectivity index (χ2v) is 6.91. The predicted molar refractivity (Wildman–Crippen MR) is 83.0 cm³/mol. The van der Waals surface area contributed by atoms with Crippen molar-refractivity contribution in [2.24, 2.45) is 0 Å². The molecule has 4 nitrogen and oxygen atoms in total. The van der Waals surface area contributed by atoms with E-state index >= 15 is 0 Å². The molecule has 0 aromatic rings. The summed E-state index contributed by atoms with van der Waals surface area (Å²) in [4.78, 5) is 14.0. The minimum absolute atomic E-state index is 0.184. The number of rotatable bonds is 7. The van der Waals surface area contributed by atoms with Crippen LogP contribution in [0.4, 0.5) is 0 Å². The van der Waals surface area contributed by atoms with Gasteiger partial charge < -0.3 is 5.11 Å². The Kier molecular flexibility index (Phi) is 6.46. The first kappa shape index (κ1) is 17.4. The van der Waals surface area contributed by atoms with E-state index < -0.39 is 11.5 Å². The van der Waals surface area contributed by atoms with E-state index in [4.69, 9.17) is 0 Å². The van der Waals surface area contributed by atoms with Gasteiger partial charge in [0.05, 0.1) is 0 Å². The van der Waals surface area contributed by atoms with Gasteiger partial charge in [0, 0.05) is 18.1 Å². The minimum Gasteiger partial charge on any atom is -0.480 e. The van der Waals surface area contributed by atoms with Crippen LogP contribution in [0.2, 0.25) is 0 Å². The van der Waals surface area contributed by atoms with Gasteiger partial charge in [-0.15, -0.1) is 0 Å². The molecule has 0 bridgehead atoms. The first-order valence-electron chi connectivity index (χ1n) is 8.03. The fraction of sp³-hybridized carbons (Fsp3) is 0.938. The fourth-order valence-corrected chi connectivity index (χ4v) is 3.41. The average molecular weight is 284 g/mol. The van der Waals surface area contributed by atoms with Crippen molar-refractivity contribution >= 4 is 5.97 Å². The van der Waals surface area contributed by atoms with Gasteiger partial charge in [-0.25, -0.2) is 0 Å². The standard InChI is InChI=1S/C16H32N2O2/c1-12(2)17-16(5,15(19)20)10-7-11-18-13(3)8-6-9-14(18)4/h12-14,17H,6-11H2,1-5H3,(H,19,20)/t13-,14+,16?. The number of hydrogen-bond donors (Lipinski definition) is 2. The Morgan fingerprint density at radius 2 is 1.90 bits per heavy atom. The van der Waals surface area contributed by atoms with Gasteiger partial charge in [-0.2, -0.15) is 0 Å². The quantitative estimate of drug-likeness (QED) is 0.755. The summed E-state index contributed by atoms with van der Waals surface area (Å²) in [6.07, 6.45) is 5.46. The number of carboxylic acid groups (broad SMARTS) is 1. The third-order valence-electron chi connectivity index (χ3n) is 4.55. The minimum atomic E-state index is -0.809. The van der Waals surface area contributed by atoms with Gasteiger partial charge in [0.2, 0.25) is 0 Å². The Bertz CT molecular complexity index is 310. The highest BCUT2D eigenvalue weighted by Crippen LogP contribution is 2.24. The molecule has 4 heteroatoms. The molecule has 1 heterocycles. The number of nitrogens with one attached hydrogen (secondary N) is 1. The van der Waals surface area contributed by atoms with Crippen molar-refractivity contribution < 1.29 is 9.90 Å². The van der Waals surface area contributed by atoms with Gasteiger partial charge in [0.15, 0.2) is 0 Å². The Balaban J connectivity index is 2.49. The van der Waals surface area contributed by atoms with Crippen LogP contribution in [0.25, 0.3) is 0 Å². The third kappa shape index (κ3) is 4.74. The first-order chi connectivity index (χ1) is 9.26. The number of nitrogens with zero attached hydrogens (tertiary/aromatic N) is 1. The van der Waals surface area contributed by atoms with Gasteiger partial charge in [-0.3, -0.25) is 15.0 Å². The molecule has 2 N–H and O–H groups in total. The molecule has 0 aromatic carbocycles. The zero-order valence-electron chi connectivity index (χ0n) is 13.8. The van der Waals surface area contributed by atoms with Crippen LogP contribution in [-0.2, 0) is 4.79 Å². The highest BCUT2D eigenvalue weighted by atomic mass is 16.4. The van der Waals surface area contributed by atoms with Crippen LogP contribution in [0.5, 0.6) is 0 Å². The molecule has 20 heavy (non-hydrogen) atoms. The van der Waals surface area contributed by atoms with E-state index in [1.807, 2.05) is 13.8 Å². The summed E-state index contributed by atoms with van der Waals surface area (Å²) in [6, 6.07) is 1.45. The number of piperidine rings is 1. The van der Waals surface area contributed by atoms with E-state index in [1.165, 1.54) is 19.3 Å². The molecule has 0 radical (unpaired) electrons. The Labute approximate surface area is 123 Å². The molecule has 1 unspecified atom stereocenters. The normalized spacial score (nSPS) is 27.5. The molecule has 0 amide bonds. The highest BCUT2D eigenvalue weighted by molar-refractivity contribution is 5.78. The lowest BCUT2D eigenvalue weighted by Crippen LogP contribution is -2.53. The maximum absolute atomic E-state index is 11.5. The smallest absolute Gasteiger partial charge is 0.323 e. The second-order valence-electron chi connectivity index (χ2n) is 6.91. The number of likely N-dealkylation sites (tertiary alicyclic amines) is 1. The first-order valence-corrected chi connectivity index (χ1v) is 8.03. The summed E-state index contributed by atoms with van der Waals surface area (Å²) < 4.78 is 0. The third-order valence-corrected chi connectivity index (χ3v) is 4.55. The molecule has 0 spiro atoms. The van der Waals surface area contributed by atoms with E-state index in [0.717, 1.165) is 13.0 Å². The molecule has 1 saturated heterocycles. The van der Waals surface area contributed by atoms with Crippen molar-refractivity contribution in [3.05, 3.63) is 0 Å². The summed E-state index contributed by atoms with van der Waals surface area (Å²) in [6.45, 7) is 11.4. The highest BCUT2D eigenvalue weighted by Gasteiger charge is 2.33. The topological polar surface area (TPSA) is 52.6 Å². The van der Waals surface area contributed by atoms with Gasteiger partial charge in [-0.1, -0.05) is 6.42 Å². The molecular formula is C16H32N2O2. The summed E-state index contributed by atoms with van der Waals surface area (Å²) in [7, 11) is 0. The summed E-state index contributed by atoms with van der Waals surface area (Å²) in [5.74, 6) is -0.744. The zero-order chi connectivity index (χ0) is 15.3. The molecule has 1 fully saturated rings. The largest absolute Gasteiger partial charge is 0.480 e. The lowest BCUT2D eigenvalue weighted by atomic mass is 9.93. The Morgan fingerprint density at radius 3 is 2.35 bits per heavy atom. The van der Waals surface area contributed by atoms with Crippen molar-refractivity contribution in [1.82, 2.24) is 10.2 Å². The van der Waals surface area contributed by atoms with E-state index in [0.29, 0.717) is 18.5 Å². The van der Waals surface area contributed by atoms with Crippen LogP contribution < -0.4 is 5.32 Å². The van der Waals surface area contributed by atoms with Crippen LogP contribution in [0.3, 0.4) is 0 Å². The van der Waals surface area contributed by atoms with Crippen LogP contribution in [-0.4, -0.2) is 46.2 Å². The van der Waals surface area contributed by atoms with E-state index in [2.05, 4.69) is 24.1 Å². The van der Waals surface area contributed by atoms with Crippen molar-refractivity contribution in [2.45, 2.75) is 90.4 Å². The van der Waals surface area contributed by atoms with Gasteiger partial charge >= 0.3 is 5.97 Å². The summed E-state index contributed by atoms with van der Waals surface area (Å²) in [5.41, 5.74) is -0.809. The van der Waals surface area contributed by atoms with E-state index in [9.17, 15) is 9.90 Å².